The third kappa shape index (κ3) is 9.37. The minimum absolute atomic E-state index is 0.310. The highest BCUT2D eigenvalue weighted by Gasteiger charge is 2.33. The predicted molar refractivity (Wildman–Crippen MR) is 254 cm³/mol. The number of hydrogen-bond acceptors (Lipinski definition) is 12. The van der Waals surface area contributed by atoms with Crippen LogP contribution in [0.5, 0.6) is 11.5 Å². The molecule has 13 nitrogen and oxygen atoms in total. The number of halogens is 1. The molecular formula is C52H64FN7O6. The van der Waals surface area contributed by atoms with Crippen LogP contribution in [-0.4, -0.2) is 88.5 Å². The molecule has 350 valence electrons. The van der Waals surface area contributed by atoms with Gasteiger partial charge >= 0.3 is 11.9 Å². The second-order valence-corrected chi connectivity index (χ2v) is 18.1. The molecule has 2 atom stereocenters. The largest absolute Gasteiger partial charge is 0.493 e. The molecule has 66 heavy (non-hydrogen) atoms. The highest BCUT2D eigenvalue weighted by molar-refractivity contribution is 6.00. The molecule has 7 heterocycles. The van der Waals surface area contributed by atoms with E-state index in [0.29, 0.717) is 66.2 Å². The molecule has 2 saturated heterocycles. The third-order valence-electron chi connectivity index (χ3n) is 13.7. The third-order valence-corrected chi connectivity index (χ3v) is 13.7. The Kier molecular flexibility index (Phi) is 14.6. The molecule has 9 rings (SSSR count). The Bertz CT molecular complexity index is 2580. The Balaban J connectivity index is 0.000000179. The van der Waals surface area contributed by atoms with E-state index >= 15 is 4.39 Å². The van der Waals surface area contributed by atoms with Gasteiger partial charge in [0.15, 0.2) is 11.6 Å². The van der Waals surface area contributed by atoms with Crippen LogP contribution in [-0.2, 0) is 27.2 Å². The Morgan fingerprint density at radius 1 is 0.758 bits per heavy atom. The van der Waals surface area contributed by atoms with Crippen molar-refractivity contribution in [3.8, 4) is 34.0 Å². The number of benzene rings is 2. The van der Waals surface area contributed by atoms with Gasteiger partial charge in [-0.05, 0) is 120 Å². The molecule has 2 fully saturated rings. The summed E-state index contributed by atoms with van der Waals surface area (Å²) in [6, 6.07) is 7.51. The minimum atomic E-state index is -0.838. The average molecular weight is 902 g/mol. The van der Waals surface area contributed by atoms with Crippen molar-refractivity contribution < 1.29 is 33.3 Å². The maximum absolute atomic E-state index is 15.2. The number of piperidine rings is 2. The van der Waals surface area contributed by atoms with Gasteiger partial charge in [0.25, 0.3) is 0 Å². The van der Waals surface area contributed by atoms with Crippen molar-refractivity contribution in [2.24, 2.45) is 0 Å². The van der Waals surface area contributed by atoms with Gasteiger partial charge in [0, 0.05) is 83.4 Å². The predicted octanol–water partition coefficient (Wildman–Crippen LogP) is 10.2. The summed E-state index contributed by atoms with van der Waals surface area (Å²) in [6.45, 7) is 14.7. The van der Waals surface area contributed by atoms with Gasteiger partial charge in [-0.25, -0.2) is 24.3 Å². The maximum atomic E-state index is 15.2. The van der Waals surface area contributed by atoms with Crippen LogP contribution in [0, 0.1) is 26.6 Å². The monoisotopic (exact) mass is 901 g/mol. The van der Waals surface area contributed by atoms with E-state index in [1.54, 1.807) is 0 Å². The lowest BCUT2D eigenvalue weighted by Gasteiger charge is -2.29. The Morgan fingerprint density at radius 2 is 1.36 bits per heavy atom. The number of anilines is 2. The van der Waals surface area contributed by atoms with Gasteiger partial charge in [-0.15, -0.1) is 0 Å². The first kappa shape index (κ1) is 46.6. The fourth-order valence-corrected chi connectivity index (χ4v) is 10.3. The van der Waals surface area contributed by atoms with Crippen LogP contribution in [0.15, 0.2) is 30.5 Å². The van der Waals surface area contributed by atoms with Crippen LogP contribution >= 0.6 is 0 Å². The number of esters is 1. The number of aryl methyl sites for hydroxylation is 2. The molecule has 3 aromatic heterocycles. The van der Waals surface area contributed by atoms with Gasteiger partial charge in [-0.3, -0.25) is 14.6 Å². The van der Waals surface area contributed by atoms with E-state index in [1.807, 2.05) is 59.0 Å². The number of carboxylic acids is 1. The normalized spacial score (nSPS) is 16.6. The number of methoxy groups -OCH3 is 1. The topological polar surface area (TPSA) is 153 Å². The van der Waals surface area contributed by atoms with Gasteiger partial charge < -0.3 is 29.1 Å². The van der Waals surface area contributed by atoms with E-state index in [9.17, 15) is 14.7 Å². The van der Waals surface area contributed by atoms with Gasteiger partial charge in [-0.1, -0.05) is 26.7 Å². The molecule has 5 aromatic rings. The zero-order valence-corrected chi connectivity index (χ0v) is 39.5. The van der Waals surface area contributed by atoms with Crippen LogP contribution in [0.4, 0.5) is 16.3 Å². The molecule has 2 unspecified atom stereocenters. The number of rotatable bonds is 12. The maximum Gasteiger partial charge on any atom is 0.313 e. The van der Waals surface area contributed by atoms with Crippen molar-refractivity contribution in [1.82, 2.24) is 24.9 Å². The van der Waals surface area contributed by atoms with Crippen molar-refractivity contribution >= 4 is 34.7 Å². The summed E-state index contributed by atoms with van der Waals surface area (Å²) in [6.07, 6.45) is 13.9. The van der Waals surface area contributed by atoms with Crippen molar-refractivity contribution in [3.63, 3.8) is 0 Å². The number of nitrogens with zero attached hydrogens (tertiary/aromatic N) is 7. The van der Waals surface area contributed by atoms with E-state index in [1.165, 1.54) is 31.6 Å². The summed E-state index contributed by atoms with van der Waals surface area (Å²) in [4.78, 5) is 54.0. The van der Waals surface area contributed by atoms with Crippen molar-refractivity contribution in [2.75, 3.05) is 56.3 Å². The molecule has 0 spiro atoms. The minimum Gasteiger partial charge on any atom is -0.493 e. The molecule has 2 aromatic carbocycles. The molecule has 4 aliphatic heterocycles. The zero-order chi connectivity index (χ0) is 46.5. The molecular weight excluding hydrogens is 838 g/mol. The first-order valence-corrected chi connectivity index (χ1v) is 24.1. The molecule has 0 amide bonds. The van der Waals surface area contributed by atoms with Crippen LogP contribution in [0.3, 0.4) is 0 Å². The second-order valence-electron chi connectivity index (χ2n) is 18.1. The summed E-state index contributed by atoms with van der Waals surface area (Å²) in [5, 5.41) is 11.1. The Morgan fingerprint density at radius 3 is 1.97 bits per heavy atom. The summed E-state index contributed by atoms with van der Waals surface area (Å²) >= 11 is 0. The van der Waals surface area contributed by atoms with E-state index in [2.05, 4.69) is 9.80 Å². The van der Waals surface area contributed by atoms with Gasteiger partial charge in [0.1, 0.15) is 5.75 Å². The van der Waals surface area contributed by atoms with Crippen molar-refractivity contribution in [2.45, 2.75) is 130 Å². The van der Waals surface area contributed by atoms with E-state index in [4.69, 9.17) is 39.1 Å². The molecule has 4 aliphatic rings. The van der Waals surface area contributed by atoms with Gasteiger partial charge in [0.2, 0.25) is 11.9 Å². The van der Waals surface area contributed by atoms with E-state index < -0.39 is 17.8 Å². The second kappa shape index (κ2) is 20.7. The lowest BCUT2D eigenvalue weighted by Crippen LogP contribution is -2.32. The fourth-order valence-electron chi connectivity index (χ4n) is 10.3. The van der Waals surface area contributed by atoms with Crippen LogP contribution in [0.25, 0.3) is 33.4 Å². The average Bonchev–Trinajstić information content (AvgIpc) is 3.34. The van der Waals surface area contributed by atoms with Crippen molar-refractivity contribution in [1.29, 1.82) is 0 Å². The SMILES string of the molecule is CCCC(C(=O)O)c1c(C)nc(N2CCCCC2)nc1-c1ccc2c3c(ccnc13)CCO2.CCCC(C(=O)OC)c1c(C)nc(N2CCCCC2)nc1-c1cc(F)c2c(c1C)CCCO2. The number of fused-ring (bicyclic) bond motifs is 1. The van der Waals surface area contributed by atoms with E-state index in [-0.39, 0.29) is 11.8 Å². The fraction of sp³-hybridized carbons (Fsp3) is 0.519. The number of carbonyl (C=O) groups excluding carboxylic acids is 1. The lowest BCUT2D eigenvalue weighted by molar-refractivity contribution is -0.142. The van der Waals surface area contributed by atoms with Crippen LogP contribution in [0.2, 0.25) is 0 Å². The number of pyridine rings is 1. The molecule has 0 aliphatic carbocycles. The number of hydrogen-bond donors (Lipinski definition) is 1. The summed E-state index contributed by atoms with van der Waals surface area (Å²) < 4.78 is 31.9. The van der Waals surface area contributed by atoms with Gasteiger partial charge in [0.05, 0.1) is 49.1 Å². The Hall–Kier alpha value is -5.92. The first-order chi connectivity index (χ1) is 32.0. The standard InChI is InChI=1S/C26H34FN3O3.C26H30N4O3/c1-5-10-19(25(31)32-4)22-17(3)28-26(30-12-7-6-8-13-30)29-23(22)20-15-21(27)24-18(16(20)2)11-9-14-33-24;1-3-7-18(25(31)32)21-16(2)28-26(30-13-5-4-6-14-30)29-24(21)19-8-9-20-22-17(11-15-33-20)10-12-27-23(19)22/h15,19H,5-14H2,1-4H3;8-10,12,18H,3-7,11,13-15H2,1-2H3,(H,31,32). The first-order valence-electron chi connectivity index (χ1n) is 24.1. The molecule has 0 radical (unpaired) electrons. The van der Waals surface area contributed by atoms with Gasteiger partial charge in [-0.2, -0.15) is 0 Å². The van der Waals surface area contributed by atoms with Crippen molar-refractivity contribution in [3.05, 3.63) is 75.5 Å². The van der Waals surface area contributed by atoms with Crippen LogP contribution in [0.1, 0.15) is 136 Å². The number of aromatic nitrogens is 5. The summed E-state index contributed by atoms with van der Waals surface area (Å²) in [5.41, 5.74) is 9.66. The zero-order valence-electron chi connectivity index (χ0n) is 39.5. The molecule has 0 saturated carbocycles. The number of aliphatic carboxylic acids is 1. The Labute approximate surface area is 387 Å². The quantitative estimate of drug-likeness (QED) is 0.118. The van der Waals surface area contributed by atoms with Crippen LogP contribution < -0.4 is 19.3 Å². The number of ether oxygens (including phenoxy) is 3. The molecule has 0 bridgehead atoms. The number of carboxylic acid groups (broad SMARTS) is 1. The lowest BCUT2D eigenvalue weighted by atomic mass is 9.86. The molecule has 1 N–H and O–H groups in total. The molecule has 14 heteroatoms. The highest BCUT2D eigenvalue weighted by atomic mass is 19.1. The highest BCUT2D eigenvalue weighted by Crippen LogP contribution is 2.43. The summed E-state index contributed by atoms with van der Waals surface area (Å²) in [5.74, 6) is -0.174. The van der Waals surface area contributed by atoms with E-state index in [0.717, 1.165) is 134 Å². The number of carbonyl (C=O) groups is 2. The smallest absolute Gasteiger partial charge is 0.313 e. The summed E-state index contributed by atoms with van der Waals surface area (Å²) in [7, 11) is 1.41.